The fraction of sp³-hybridized carbons (Fsp3) is 0.364. The molecule has 148 valence electrons. The number of urea groups is 1. The number of nitrogens with two attached hydrogens (primary N) is 1. The van der Waals surface area contributed by atoms with Gasteiger partial charge in [-0.15, -0.1) is 0 Å². The molecule has 1 aliphatic carbocycles. The lowest BCUT2D eigenvalue weighted by Gasteiger charge is -2.20. The van der Waals surface area contributed by atoms with Crippen LogP contribution in [0.3, 0.4) is 0 Å². The molecular formula is C22H28N4O2. The molecule has 0 saturated carbocycles. The number of benzene rings is 2. The van der Waals surface area contributed by atoms with Crippen LogP contribution in [-0.2, 0) is 17.6 Å². The van der Waals surface area contributed by atoms with E-state index in [9.17, 15) is 9.59 Å². The van der Waals surface area contributed by atoms with Gasteiger partial charge in [0.25, 0.3) is 0 Å². The van der Waals surface area contributed by atoms with Crippen LogP contribution >= 0.6 is 0 Å². The Hall–Kier alpha value is -2.86. The predicted octanol–water partition coefficient (Wildman–Crippen LogP) is 4.13. The van der Waals surface area contributed by atoms with Crippen LogP contribution in [0, 0.1) is 5.92 Å². The number of hydrogen-bond donors (Lipinski definition) is 4. The molecule has 3 rings (SSSR count). The Balaban J connectivity index is 1.64. The Kier molecular flexibility index (Phi) is 6.31. The normalized spacial score (nSPS) is 14.1. The number of anilines is 3. The average Bonchev–Trinajstić information content (AvgIpc) is 2.67. The van der Waals surface area contributed by atoms with Gasteiger partial charge in [0, 0.05) is 17.1 Å². The van der Waals surface area contributed by atoms with Crippen LogP contribution in [0.1, 0.15) is 37.8 Å². The lowest BCUT2D eigenvalue weighted by Crippen LogP contribution is -2.39. The van der Waals surface area contributed by atoms with Crippen LogP contribution in [0.4, 0.5) is 21.9 Å². The van der Waals surface area contributed by atoms with E-state index in [1.54, 1.807) is 24.3 Å². The fourth-order valence-corrected chi connectivity index (χ4v) is 3.39. The van der Waals surface area contributed by atoms with Crippen LogP contribution in [0.2, 0.25) is 0 Å². The third-order valence-electron chi connectivity index (χ3n) is 5.05. The van der Waals surface area contributed by atoms with Crippen LogP contribution in [-0.4, -0.2) is 18.0 Å². The van der Waals surface area contributed by atoms with Crippen LogP contribution in [0.15, 0.2) is 42.5 Å². The minimum Gasteiger partial charge on any atom is -0.325 e. The molecule has 1 aliphatic rings. The molecule has 0 radical (unpaired) electrons. The number of carbonyl (C=O) groups is 2. The van der Waals surface area contributed by atoms with E-state index in [2.05, 4.69) is 22.0 Å². The quantitative estimate of drug-likeness (QED) is 0.628. The van der Waals surface area contributed by atoms with Gasteiger partial charge in [-0.05, 0) is 67.0 Å². The second-order valence-electron chi connectivity index (χ2n) is 7.57. The lowest BCUT2D eigenvalue weighted by molar-refractivity contribution is -0.118. The van der Waals surface area contributed by atoms with Gasteiger partial charge in [0.05, 0.1) is 6.04 Å². The maximum atomic E-state index is 12.5. The zero-order valence-electron chi connectivity index (χ0n) is 16.4. The Labute approximate surface area is 165 Å². The van der Waals surface area contributed by atoms with E-state index in [-0.39, 0.29) is 17.9 Å². The van der Waals surface area contributed by atoms with Crippen LogP contribution in [0.25, 0.3) is 0 Å². The summed E-state index contributed by atoms with van der Waals surface area (Å²) in [5.41, 5.74) is 10.5. The van der Waals surface area contributed by atoms with Gasteiger partial charge in [-0.1, -0.05) is 32.0 Å². The summed E-state index contributed by atoms with van der Waals surface area (Å²) in [7, 11) is 0. The van der Waals surface area contributed by atoms with Gasteiger partial charge in [-0.3, -0.25) is 4.79 Å². The molecule has 0 spiro atoms. The Morgan fingerprint density at radius 2 is 1.61 bits per heavy atom. The average molecular weight is 380 g/mol. The zero-order valence-corrected chi connectivity index (χ0v) is 16.4. The molecule has 2 aromatic rings. The molecule has 28 heavy (non-hydrogen) atoms. The molecule has 2 aromatic carbocycles. The van der Waals surface area contributed by atoms with Crippen molar-refractivity contribution in [2.45, 2.75) is 45.6 Å². The minimum absolute atomic E-state index is 0.0453. The second-order valence-corrected chi connectivity index (χ2v) is 7.57. The Bertz CT molecular complexity index is 863. The lowest BCUT2D eigenvalue weighted by atomic mass is 9.90. The minimum atomic E-state index is -0.579. The second kappa shape index (κ2) is 8.89. The summed E-state index contributed by atoms with van der Waals surface area (Å²) in [6.45, 7) is 3.80. The van der Waals surface area contributed by atoms with Crippen molar-refractivity contribution in [3.63, 3.8) is 0 Å². The van der Waals surface area contributed by atoms with E-state index in [1.807, 2.05) is 26.0 Å². The number of hydrogen-bond acceptors (Lipinski definition) is 3. The molecule has 3 amide bonds. The molecule has 5 N–H and O–H groups in total. The van der Waals surface area contributed by atoms with E-state index in [1.165, 1.54) is 17.5 Å². The monoisotopic (exact) mass is 380 g/mol. The molecule has 1 atom stereocenters. The van der Waals surface area contributed by atoms with Crippen molar-refractivity contribution in [2.24, 2.45) is 11.7 Å². The van der Waals surface area contributed by atoms with Crippen molar-refractivity contribution in [1.29, 1.82) is 0 Å². The Morgan fingerprint density at radius 3 is 2.36 bits per heavy atom. The standard InChI is InChI=1S/C22H28N4O2/c1-14(2)20(23)21(27)24-16-9-6-10-17(13-16)25-22(28)26-19-12-5-8-15-7-3-4-11-18(15)19/h5-6,8-10,12-14,20H,3-4,7,11,23H2,1-2H3,(H,24,27)(H2,25,26,28)/t20-/m0/s1. The van der Waals surface area contributed by atoms with E-state index in [0.29, 0.717) is 11.4 Å². The predicted molar refractivity (Wildman–Crippen MR) is 114 cm³/mol. The smallest absolute Gasteiger partial charge is 0.323 e. The van der Waals surface area contributed by atoms with Crippen molar-refractivity contribution in [1.82, 2.24) is 0 Å². The summed E-state index contributed by atoms with van der Waals surface area (Å²) in [6, 6.07) is 12.2. The van der Waals surface area contributed by atoms with E-state index < -0.39 is 6.04 Å². The van der Waals surface area contributed by atoms with E-state index in [0.717, 1.165) is 24.9 Å². The highest BCUT2D eigenvalue weighted by Gasteiger charge is 2.17. The third-order valence-corrected chi connectivity index (χ3v) is 5.05. The fourth-order valence-electron chi connectivity index (χ4n) is 3.39. The van der Waals surface area contributed by atoms with Crippen LogP contribution < -0.4 is 21.7 Å². The highest BCUT2D eigenvalue weighted by atomic mass is 16.2. The largest absolute Gasteiger partial charge is 0.325 e. The molecule has 0 bridgehead atoms. The third kappa shape index (κ3) is 4.89. The molecule has 0 saturated heterocycles. The number of fused-ring (bicyclic) bond motifs is 1. The van der Waals surface area contributed by atoms with E-state index >= 15 is 0 Å². The Morgan fingerprint density at radius 1 is 0.929 bits per heavy atom. The SMILES string of the molecule is CC(C)[C@H](N)C(=O)Nc1cccc(NC(=O)Nc2cccc3c2CCCC3)c1. The van der Waals surface area contributed by atoms with Crippen LogP contribution in [0.5, 0.6) is 0 Å². The van der Waals surface area contributed by atoms with Gasteiger partial charge < -0.3 is 21.7 Å². The first-order chi connectivity index (χ1) is 13.4. The summed E-state index contributed by atoms with van der Waals surface area (Å²) >= 11 is 0. The number of carbonyl (C=O) groups excluding carboxylic acids is 2. The molecule has 0 aromatic heterocycles. The van der Waals surface area contributed by atoms with Gasteiger partial charge in [-0.2, -0.15) is 0 Å². The molecule has 0 aliphatic heterocycles. The highest BCUT2D eigenvalue weighted by Crippen LogP contribution is 2.28. The van der Waals surface area contributed by atoms with Crippen molar-refractivity contribution in [3.8, 4) is 0 Å². The number of amides is 3. The molecule has 6 nitrogen and oxygen atoms in total. The molecule has 0 unspecified atom stereocenters. The zero-order chi connectivity index (χ0) is 20.1. The number of rotatable bonds is 5. The first kappa shape index (κ1) is 19.9. The molecule has 0 fully saturated rings. The summed E-state index contributed by atoms with van der Waals surface area (Å²) in [6.07, 6.45) is 4.39. The van der Waals surface area contributed by atoms with E-state index in [4.69, 9.17) is 5.73 Å². The molecule has 6 heteroatoms. The van der Waals surface area contributed by atoms with Gasteiger partial charge in [-0.25, -0.2) is 4.79 Å². The van der Waals surface area contributed by atoms with Gasteiger partial charge >= 0.3 is 6.03 Å². The number of nitrogens with one attached hydrogen (secondary N) is 3. The van der Waals surface area contributed by atoms with Gasteiger partial charge in [0.15, 0.2) is 0 Å². The van der Waals surface area contributed by atoms with Gasteiger partial charge in [0.2, 0.25) is 5.91 Å². The van der Waals surface area contributed by atoms with Crippen molar-refractivity contribution in [2.75, 3.05) is 16.0 Å². The van der Waals surface area contributed by atoms with Crippen molar-refractivity contribution < 1.29 is 9.59 Å². The molecular weight excluding hydrogens is 352 g/mol. The van der Waals surface area contributed by atoms with Gasteiger partial charge in [0.1, 0.15) is 0 Å². The first-order valence-electron chi connectivity index (χ1n) is 9.79. The highest BCUT2D eigenvalue weighted by molar-refractivity contribution is 6.01. The van der Waals surface area contributed by atoms with Crippen molar-refractivity contribution in [3.05, 3.63) is 53.6 Å². The maximum absolute atomic E-state index is 12.5. The topological polar surface area (TPSA) is 96.2 Å². The maximum Gasteiger partial charge on any atom is 0.323 e. The summed E-state index contributed by atoms with van der Waals surface area (Å²) in [4.78, 5) is 24.6. The number of aryl methyl sites for hydroxylation is 1. The summed E-state index contributed by atoms with van der Waals surface area (Å²) in [5, 5.41) is 8.58. The molecule has 0 heterocycles. The first-order valence-corrected chi connectivity index (χ1v) is 9.79. The summed E-state index contributed by atoms with van der Waals surface area (Å²) < 4.78 is 0. The summed E-state index contributed by atoms with van der Waals surface area (Å²) in [5.74, 6) is -0.198. The van der Waals surface area contributed by atoms with Crippen molar-refractivity contribution >= 4 is 29.0 Å².